The van der Waals surface area contributed by atoms with E-state index in [-0.39, 0.29) is 12.0 Å². The Kier molecular flexibility index (Phi) is 4.38. The predicted molar refractivity (Wildman–Crippen MR) is 60.3 cm³/mol. The third-order valence-electron chi connectivity index (χ3n) is 2.10. The lowest BCUT2D eigenvalue weighted by atomic mass is 10.1. The average molecular weight is 252 g/mol. The van der Waals surface area contributed by atoms with Gasteiger partial charge in [0.2, 0.25) is 5.91 Å². The van der Waals surface area contributed by atoms with Crippen LogP contribution in [-0.4, -0.2) is 17.9 Å². The van der Waals surface area contributed by atoms with Crippen LogP contribution < -0.4 is 11.1 Å². The van der Waals surface area contributed by atoms with E-state index in [4.69, 9.17) is 12.2 Å². The van der Waals surface area contributed by atoms with Crippen molar-refractivity contribution in [3.8, 4) is 12.3 Å². The molecular weight excluding hydrogens is 242 g/mol. The summed E-state index contributed by atoms with van der Waals surface area (Å²) in [4.78, 5) is 22.6. The molecule has 1 aromatic carbocycles. The number of terminal acetylenes is 1. The summed E-state index contributed by atoms with van der Waals surface area (Å²) in [5, 5.41) is 2.20. The van der Waals surface area contributed by atoms with E-state index in [9.17, 15) is 18.4 Å². The van der Waals surface area contributed by atoms with Gasteiger partial charge < -0.3 is 11.1 Å². The second-order valence-corrected chi connectivity index (χ2v) is 3.49. The second-order valence-electron chi connectivity index (χ2n) is 3.49. The van der Waals surface area contributed by atoms with Gasteiger partial charge in [-0.3, -0.25) is 9.59 Å². The van der Waals surface area contributed by atoms with E-state index >= 15 is 0 Å². The number of nitrogens with one attached hydrogen (secondary N) is 1. The summed E-state index contributed by atoms with van der Waals surface area (Å²) >= 11 is 0. The number of benzene rings is 1. The normalized spacial score (nSPS) is 11.4. The fourth-order valence-electron chi connectivity index (χ4n) is 1.27. The van der Waals surface area contributed by atoms with E-state index in [2.05, 4.69) is 11.2 Å². The number of primary amides is 1. The molecule has 0 heterocycles. The fraction of sp³-hybridized carbons (Fsp3) is 0.167. The van der Waals surface area contributed by atoms with Crippen molar-refractivity contribution in [2.75, 3.05) is 0 Å². The Morgan fingerprint density at radius 2 is 1.89 bits per heavy atom. The van der Waals surface area contributed by atoms with Crippen LogP contribution in [0.5, 0.6) is 0 Å². The summed E-state index contributed by atoms with van der Waals surface area (Å²) < 4.78 is 25.8. The van der Waals surface area contributed by atoms with Crippen molar-refractivity contribution in [1.29, 1.82) is 0 Å². The van der Waals surface area contributed by atoms with Crippen LogP contribution in [0.25, 0.3) is 0 Å². The summed E-state index contributed by atoms with van der Waals surface area (Å²) in [5.41, 5.74) is 4.76. The van der Waals surface area contributed by atoms with Crippen LogP contribution in [0.1, 0.15) is 16.8 Å². The molecule has 0 unspecified atom stereocenters. The minimum atomic E-state index is -1.08. The zero-order chi connectivity index (χ0) is 13.7. The molecule has 0 spiro atoms. The topological polar surface area (TPSA) is 72.2 Å². The molecule has 0 aliphatic rings. The molecule has 0 aliphatic carbocycles. The first kappa shape index (κ1) is 13.6. The van der Waals surface area contributed by atoms with E-state index in [0.29, 0.717) is 6.07 Å². The van der Waals surface area contributed by atoms with Gasteiger partial charge in [-0.05, 0) is 12.1 Å². The lowest BCUT2D eigenvalue weighted by Gasteiger charge is -2.12. The monoisotopic (exact) mass is 252 g/mol. The van der Waals surface area contributed by atoms with Crippen molar-refractivity contribution in [2.45, 2.75) is 12.5 Å². The zero-order valence-electron chi connectivity index (χ0n) is 9.24. The number of hydrogen-bond donors (Lipinski definition) is 2. The number of rotatable bonds is 4. The quantitative estimate of drug-likeness (QED) is 0.769. The number of carbonyl (C=O) groups is 2. The zero-order valence-corrected chi connectivity index (χ0v) is 9.24. The first-order chi connectivity index (χ1) is 8.43. The lowest BCUT2D eigenvalue weighted by molar-refractivity contribution is -0.119. The Balaban J connectivity index is 2.87. The van der Waals surface area contributed by atoms with Gasteiger partial charge in [-0.25, -0.2) is 8.78 Å². The minimum absolute atomic E-state index is 0.0983. The molecule has 4 nitrogen and oxygen atoms in total. The van der Waals surface area contributed by atoms with Crippen LogP contribution in [0.4, 0.5) is 8.78 Å². The summed E-state index contributed by atoms with van der Waals surface area (Å²) in [6.07, 6.45) is 4.90. The highest BCUT2D eigenvalue weighted by atomic mass is 19.1. The third kappa shape index (κ3) is 3.56. The van der Waals surface area contributed by atoms with E-state index in [1.54, 1.807) is 0 Å². The average Bonchev–Trinajstić information content (AvgIpc) is 2.26. The Morgan fingerprint density at radius 1 is 1.33 bits per heavy atom. The maximum atomic E-state index is 12.9. The number of hydrogen-bond acceptors (Lipinski definition) is 2. The Morgan fingerprint density at radius 3 is 2.33 bits per heavy atom. The van der Waals surface area contributed by atoms with Crippen LogP contribution in [0, 0.1) is 24.0 Å². The molecule has 0 aliphatic heterocycles. The summed E-state index contributed by atoms with van der Waals surface area (Å²) in [6, 6.07) is 1.23. The molecule has 6 heteroatoms. The molecule has 0 bridgehead atoms. The van der Waals surface area contributed by atoms with Crippen molar-refractivity contribution in [2.24, 2.45) is 5.73 Å². The first-order valence-corrected chi connectivity index (χ1v) is 4.93. The van der Waals surface area contributed by atoms with Crippen molar-refractivity contribution in [1.82, 2.24) is 5.32 Å². The molecule has 2 amide bonds. The van der Waals surface area contributed by atoms with Crippen LogP contribution >= 0.6 is 0 Å². The smallest absolute Gasteiger partial charge is 0.252 e. The van der Waals surface area contributed by atoms with Gasteiger partial charge in [0.05, 0.1) is 0 Å². The molecule has 18 heavy (non-hydrogen) atoms. The third-order valence-corrected chi connectivity index (χ3v) is 2.10. The van der Waals surface area contributed by atoms with E-state index in [1.807, 2.05) is 0 Å². The second kappa shape index (κ2) is 5.77. The molecule has 0 radical (unpaired) electrons. The molecule has 94 valence electrons. The van der Waals surface area contributed by atoms with Crippen LogP contribution in [0.15, 0.2) is 18.2 Å². The first-order valence-electron chi connectivity index (χ1n) is 4.93. The van der Waals surface area contributed by atoms with Crippen molar-refractivity contribution < 1.29 is 18.4 Å². The van der Waals surface area contributed by atoms with Crippen LogP contribution in [-0.2, 0) is 4.79 Å². The Bertz CT molecular complexity index is 503. The van der Waals surface area contributed by atoms with Gasteiger partial charge in [0, 0.05) is 18.1 Å². The largest absolute Gasteiger partial charge is 0.368 e. The number of carbonyl (C=O) groups excluding carboxylic acids is 2. The SMILES string of the molecule is C#CC[C@@H](NC(=O)c1cc(F)cc(F)c1)C(N)=O. The van der Waals surface area contributed by atoms with Gasteiger partial charge >= 0.3 is 0 Å². The Hall–Kier alpha value is -2.42. The van der Waals surface area contributed by atoms with E-state index < -0.39 is 29.5 Å². The van der Waals surface area contributed by atoms with Crippen molar-refractivity contribution in [3.63, 3.8) is 0 Å². The number of halogens is 2. The molecule has 0 aromatic heterocycles. The molecule has 1 aromatic rings. The summed E-state index contributed by atoms with van der Waals surface area (Å²) in [5.74, 6) is -1.27. The molecule has 0 fully saturated rings. The van der Waals surface area contributed by atoms with Gasteiger partial charge in [0.25, 0.3) is 5.91 Å². The van der Waals surface area contributed by atoms with Crippen LogP contribution in [0.3, 0.4) is 0 Å². The molecule has 0 saturated carbocycles. The highest BCUT2D eigenvalue weighted by molar-refractivity contribution is 5.97. The number of nitrogens with two attached hydrogens (primary N) is 1. The van der Waals surface area contributed by atoms with Crippen LogP contribution in [0.2, 0.25) is 0 Å². The highest BCUT2D eigenvalue weighted by Gasteiger charge is 2.18. The van der Waals surface area contributed by atoms with Gasteiger partial charge in [-0.15, -0.1) is 12.3 Å². The fourth-order valence-corrected chi connectivity index (χ4v) is 1.27. The maximum Gasteiger partial charge on any atom is 0.252 e. The van der Waals surface area contributed by atoms with E-state index in [1.165, 1.54) is 0 Å². The molecule has 1 rings (SSSR count). The summed E-state index contributed by atoms with van der Waals surface area (Å²) in [7, 11) is 0. The van der Waals surface area contributed by atoms with Crippen molar-refractivity contribution in [3.05, 3.63) is 35.4 Å². The predicted octanol–water partition coefficient (Wildman–Crippen LogP) is 0.572. The van der Waals surface area contributed by atoms with Gasteiger partial charge in [-0.2, -0.15) is 0 Å². The van der Waals surface area contributed by atoms with E-state index in [0.717, 1.165) is 12.1 Å². The Labute approximate surface area is 102 Å². The molecule has 0 saturated heterocycles. The van der Waals surface area contributed by atoms with Gasteiger partial charge in [0.15, 0.2) is 0 Å². The number of amides is 2. The standard InChI is InChI=1S/C12H10F2N2O2/c1-2-3-10(11(15)17)16-12(18)7-4-8(13)6-9(14)5-7/h1,4-6,10H,3H2,(H2,15,17)(H,16,18)/t10-/m1/s1. The van der Waals surface area contributed by atoms with Crippen molar-refractivity contribution >= 4 is 11.8 Å². The molecular formula is C12H10F2N2O2. The molecule has 3 N–H and O–H groups in total. The molecule has 1 atom stereocenters. The minimum Gasteiger partial charge on any atom is -0.368 e. The van der Waals surface area contributed by atoms with Gasteiger partial charge in [0.1, 0.15) is 17.7 Å². The van der Waals surface area contributed by atoms with Gasteiger partial charge in [-0.1, -0.05) is 0 Å². The lowest BCUT2D eigenvalue weighted by Crippen LogP contribution is -2.44. The highest BCUT2D eigenvalue weighted by Crippen LogP contribution is 2.08. The summed E-state index contributed by atoms with van der Waals surface area (Å²) in [6.45, 7) is 0. The maximum absolute atomic E-state index is 12.9.